The van der Waals surface area contributed by atoms with Gasteiger partial charge in [-0.1, -0.05) is 12.6 Å². The number of anilines is 3. The van der Waals surface area contributed by atoms with Crippen LogP contribution < -0.4 is 10.6 Å². The predicted octanol–water partition coefficient (Wildman–Crippen LogP) is 3.14. The van der Waals surface area contributed by atoms with Crippen molar-refractivity contribution in [3.63, 3.8) is 0 Å². The topological polar surface area (TPSA) is 66.9 Å². The van der Waals surface area contributed by atoms with Crippen LogP contribution in [-0.4, -0.2) is 15.9 Å². The molecule has 0 aliphatic heterocycles. The number of benzene rings is 1. The van der Waals surface area contributed by atoms with Crippen molar-refractivity contribution in [2.24, 2.45) is 0 Å². The van der Waals surface area contributed by atoms with Crippen LogP contribution in [0.15, 0.2) is 43.1 Å². The van der Waals surface area contributed by atoms with Crippen molar-refractivity contribution in [1.82, 2.24) is 9.97 Å². The van der Waals surface area contributed by atoms with E-state index >= 15 is 0 Å². The molecule has 2 rings (SSSR count). The normalized spacial score (nSPS) is 9.90. The van der Waals surface area contributed by atoms with Crippen LogP contribution in [0.25, 0.3) is 0 Å². The van der Waals surface area contributed by atoms with Crippen molar-refractivity contribution in [2.75, 3.05) is 10.6 Å². The SMILES string of the molecule is C=CC(=O)Nc1cccc(Nc2nc(Cl)ncc2F)c1. The number of carbonyl (C=O) groups excluding carboxylic acids is 1. The summed E-state index contributed by atoms with van der Waals surface area (Å²) >= 11 is 5.60. The molecule has 0 atom stereocenters. The average Bonchev–Trinajstić information content (AvgIpc) is 2.43. The van der Waals surface area contributed by atoms with Crippen LogP contribution in [0.3, 0.4) is 0 Å². The summed E-state index contributed by atoms with van der Waals surface area (Å²) in [4.78, 5) is 18.5. The number of halogens is 2. The van der Waals surface area contributed by atoms with E-state index < -0.39 is 5.82 Å². The second kappa shape index (κ2) is 6.12. The molecule has 0 saturated carbocycles. The predicted molar refractivity (Wildman–Crippen MR) is 75.6 cm³/mol. The minimum Gasteiger partial charge on any atom is -0.338 e. The summed E-state index contributed by atoms with van der Waals surface area (Å²) in [7, 11) is 0. The second-order valence-electron chi connectivity index (χ2n) is 3.73. The van der Waals surface area contributed by atoms with Gasteiger partial charge < -0.3 is 10.6 Å². The molecule has 0 bridgehead atoms. The maximum atomic E-state index is 13.5. The largest absolute Gasteiger partial charge is 0.338 e. The lowest BCUT2D eigenvalue weighted by Gasteiger charge is -2.08. The molecule has 2 aromatic rings. The van der Waals surface area contributed by atoms with E-state index in [1.54, 1.807) is 24.3 Å². The maximum absolute atomic E-state index is 13.5. The summed E-state index contributed by atoms with van der Waals surface area (Å²) in [6.45, 7) is 3.36. The number of aromatic nitrogens is 2. The molecule has 0 aliphatic carbocycles. The number of rotatable bonds is 4. The van der Waals surface area contributed by atoms with Gasteiger partial charge in [0.25, 0.3) is 0 Å². The molecule has 20 heavy (non-hydrogen) atoms. The Morgan fingerprint density at radius 2 is 2.15 bits per heavy atom. The van der Waals surface area contributed by atoms with Crippen molar-refractivity contribution in [2.45, 2.75) is 0 Å². The van der Waals surface area contributed by atoms with Gasteiger partial charge in [-0.05, 0) is 35.9 Å². The molecule has 7 heteroatoms. The van der Waals surface area contributed by atoms with Crippen molar-refractivity contribution in [3.05, 3.63) is 54.2 Å². The molecule has 1 heterocycles. The molecule has 0 aliphatic rings. The summed E-state index contributed by atoms with van der Waals surface area (Å²) in [5.74, 6) is -1.01. The van der Waals surface area contributed by atoms with Crippen molar-refractivity contribution < 1.29 is 9.18 Å². The van der Waals surface area contributed by atoms with Crippen molar-refractivity contribution in [1.29, 1.82) is 0 Å². The van der Waals surface area contributed by atoms with Gasteiger partial charge >= 0.3 is 0 Å². The summed E-state index contributed by atoms with van der Waals surface area (Å²) in [6.07, 6.45) is 2.13. The third-order valence-corrected chi connectivity index (χ3v) is 2.48. The fraction of sp³-hybridized carbons (Fsp3) is 0. The van der Waals surface area contributed by atoms with Gasteiger partial charge in [0.1, 0.15) is 0 Å². The Morgan fingerprint density at radius 3 is 2.90 bits per heavy atom. The highest BCUT2D eigenvalue weighted by Crippen LogP contribution is 2.21. The van der Waals surface area contributed by atoms with E-state index in [1.807, 2.05) is 0 Å². The van der Waals surface area contributed by atoms with Gasteiger partial charge in [-0.2, -0.15) is 4.98 Å². The number of carbonyl (C=O) groups is 1. The highest BCUT2D eigenvalue weighted by Gasteiger charge is 2.07. The van der Waals surface area contributed by atoms with Crippen LogP contribution in [0, 0.1) is 5.82 Å². The molecule has 1 amide bonds. The van der Waals surface area contributed by atoms with E-state index in [-0.39, 0.29) is 17.0 Å². The lowest BCUT2D eigenvalue weighted by atomic mass is 10.2. The third-order valence-electron chi connectivity index (χ3n) is 2.29. The molecule has 0 fully saturated rings. The molecule has 0 spiro atoms. The van der Waals surface area contributed by atoms with Crippen molar-refractivity contribution >= 4 is 34.7 Å². The van der Waals surface area contributed by atoms with E-state index in [0.717, 1.165) is 12.3 Å². The van der Waals surface area contributed by atoms with E-state index in [1.165, 1.54) is 0 Å². The Labute approximate surface area is 119 Å². The number of hydrogen-bond acceptors (Lipinski definition) is 4. The molecule has 2 N–H and O–H groups in total. The summed E-state index contributed by atoms with van der Waals surface area (Å²) in [5, 5.41) is 5.29. The zero-order chi connectivity index (χ0) is 14.5. The Morgan fingerprint density at radius 1 is 1.40 bits per heavy atom. The zero-order valence-corrected chi connectivity index (χ0v) is 11.0. The molecule has 102 valence electrons. The first-order valence-corrected chi connectivity index (χ1v) is 5.95. The Balaban J connectivity index is 2.21. The lowest BCUT2D eigenvalue weighted by Crippen LogP contribution is -2.07. The minimum atomic E-state index is -0.630. The summed E-state index contributed by atoms with van der Waals surface area (Å²) in [6, 6.07) is 6.70. The first-order chi connectivity index (χ1) is 9.58. The molecular weight excluding hydrogens is 283 g/mol. The Kier molecular flexibility index (Phi) is 4.27. The molecule has 0 saturated heterocycles. The maximum Gasteiger partial charge on any atom is 0.247 e. The van der Waals surface area contributed by atoms with Crippen LogP contribution in [0.2, 0.25) is 5.28 Å². The van der Waals surface area contributed by atoms with E-state index in [0.29, 0.717) is 11.4 Å². The van der Waals surface area contributed by atoms with E-state index in [4.69, 9.17) is 11.6 Å². The molecule has 5 nitrogen and oxygen atoms in total. The Bertz CT molecular complexity index is 663. The van der Waals surface area contributed by atoms with E-state index in [9.17, 15) is 9.18 Å². The highest BCUT2D eigenvalue weighted by molar-refractivity contribution is 6.28. The second-order valence-corrected chi connectivity index (χ2v) is 4.07. The van der Waals surface area contributed by atoms with Crippen LogP contribution in [0.5, 0.6) is 0 Å². The molecule has 0 unspecified atom stereocenters. The summed E-state index contributed by atoms with van der Waals surface area (Å²) < 4.78 is 13.5. The summed E-state index contributed by atoms with van der Waals surface area (Å²) in [5.41, 5.74) is 1.08. The molecule has 1 aromatic heterocycles. The van der Waals surface area contributed by atoms with Crippen LogP contribution in [-0.2, 0) is 4.79 Å². The molecular formula is C13H10ClFN4O. The number of amides is 1. The minimum absolute atomic E-state index is 0.0443. The average molecular weight is 293 g/mol. The van der Waals surface area contributed by atoms with Gasteiger partial charge in [0.05, 0.1) is 6.20 Å². The third kappa shape index (κ3) is 3.52. The number of nitrogens with one attached hydrogen (secondary N) is 2. The van der Waals surface area contributed by atoms with Gasteiger partial charge in [0, 0.05) is 11.4 Å². The molecule has 0 radical (unpaired) electrons. The van der Waals surface area contributed by atoms with Crippen molar-refractivity contribution in [3.8, 4) is 0 Å². The first kappa shape index (κ1) is 14.0. The van der Waals surface area contributed by atoms with Gasteiger partial charge in [-0.15, -0.1) is 0 Å². The van der Waals surface area contributed by atoms with Gasteiger partial charge in [-0.3, -0.25) is 4.79 Å². The highest BCUT2D eigenvalue weighted by atomic mass is 35.5. The lowest BCUT2D eigenvalue weighted by molar-refractivity contribution is -0.111. The zero-order valence-electron chi connectivity index (χ0n) is 10.2. The first-order valence-electron chi connectivity index (χ1n) is 5.57. The number of hydrogen-bond donors (Lipinski definition) is 2. The monoisotopic (exact) mass is 292 g/mol. The van der Waals surface area contributed by atoms with Gasteiger partial charge in [0.2, 0.25) is 11.2 Å². The quantitative estimate of drug-likeness (QED) is 0.671. The molecule has 1 aromatic carbocycles. The fourth-order valence-corrected chi connectivity index (χ4v) is 1.57. The van der Waals surface area contributed by atoms with Gasteiger partial charge in [0.15, 0.2) is 11.6 Å². The Hall–Kier alpha value is -2.47. The number of nitrogens with zero attached hydrogens (tertiary/aromatic N) is 2. The standard InChI is InChI=1S/C13H10ClFN4O/c1-2-11(20)17-8-4-3-5-9(6-8)18-12-10(15)7-16-13(14)19-12/h2-7H,1H2,(H,17,20)(H,16,18,19). The van der Waals surface area contributed by atoms with Crippen LogP contribution >= 0.6 is 11.6 Å². The smallest absolute Gasteiger partial charge is 0.247 e. The van der Waals surface area contributed by atoms with Crippen LogP contribution in [0.1, 0.15) is 0 Å². The van der Waals surface area contributed by atoms with E-state index in [2.05, 4.69) is 27.2 Å². The van der Waals surface area contributed by atoms with Crippen LogP contribution in [0.4, 0.5) is 21.6 Å². The fourth-order valence-electron chi connectivity index (χ4n) is 1.44. The van der Waals surface area contributed by atoms with Gasteiger partial charge in [-0.25, -0.2) is 9.37 Å².